The van der Waals surface area contributed by atoms with Gasteiger partial charge >= 0.3 is 0 Å². The standard InChI is InChI=1S/C17H18N2O3S/c1-11-7-14-5-4-6-16(17(14)18-9-11)23(20,21)19-10-15-8-12(2)22-13(15)3/h4-9,19H,10H2,1-3H3. The van der Waals surface area contributed by atoms with Gasteiger partial charge in [0.05, 0.1) is 5.52 Å². The van der Waals surface area contributed by atoms with Gasteiger partial charge < -0.3 is 4.42 Å². The molecule has 2 aromatic heterocycles. The summed E-state index contributed by atoms with van der Waals surface area (Å²) in [7, 11) is -3.66. The topological polar surface area (TPSA) is 72.2 Å². The van der Waals surface area contributed by atoms with Crippen LogP contribution in [0.5, 0.6) is 0 Å². The number of hydrogen-bond acceptors (Lipinski definition) is 4. The first-order chi connectivity index (χ1) is 10.9. The molecule has 0 bridgehead atoms. The van der Waals surface area contributed by atoms with E-state index in [0.717, 1.165) is 28.0 Å². The molecular formula is C17H18N2O3S. The molecule has 0 amide bonds. The number of pyridine rings is 1. The Morgan fingerprint density at radius 1 is 1.17 bits per heavy atom. The number of benzene rings is 1. The Bertz CT molecular complexity index is 975. The Morgan fingerprint density at radius 2 is 1.96 bits per heavy atom. The van der Waals surface area contributed by atoms with Crippen LogP contribution in [0.2, 0.25) is 0 Å². The lowest BCUT2D eigenvalue weighted by Gasteiger charge is -2.09. The summed E-state index contributed by atoms with van der Waals surface area (Å²) >= 11 is 0. The minimum atomic E-state index is -3.66. The first-order valence-corrected chi connectivity index (χ1v) is 8.76. The number of aryl methyl sites for hydroxylation is 3. The Morgan fingerprint density at radius 3 is 2.65 bits per heavy atom. The summed E-state index contributed by atoms with van der Waals surface area (Å²) in [5, 5.41) is 0.809. The molecule has 2 heterocycles. The maximum atomic E-state index is 12.6. The van der Waals surface area contributed by atoms with Gasteiger partial charge in [-0.05, 0) is 44.5 Å². The molecule has 6 heteroatoms. The van der Waals surface area contributed by atoms with Gasteiger partial charge in [0.15, 0.2) is 0 Å². The quantitative estimate of drug-likeness (QED) is 0.797. The summed E-state index contributed by atoms with van der Waals surface area (Å²) in [5.41, 5.74) is 2.30. The zero-order valence-electron chi connectivity index (χ0n) is 13.3. The molecule has 0 spiro atoms. The van der Waals surface area contributed by atoms with Crippen LogP contribution in [0.4, 0.5) is 0 Å². The number of sulfonamides is 1. The highest BCUT2D eigenvalue weighted by molar-refractivity contribution is 7.89. The second kappa shape index (κ2) is 5.79. The van der Waals surface area contributed by atoms with E-state index in [2.05, 4.69) is 9.71 Å². The van der Waals surface area contributed by atoms with E-state index in [4.69, 9.17) is 4.42 Å². The summed E-state index contributed by atoms with van der Waals surface area (Å²) in [6.45, 7) is 5.77. The van der Waals surface area contributed by atoms with Crippen molar-refractivity contribution in [1.82, 2.24) is 9.71 Å². The largest absolute Gasteiger partial charge is 0.466 e. The lowest BCUT2D eigenvalue weighted by atomic mass is 10.2. The molecule has 23 heavy (non-hydrogen) atoms. The Hall–Kier alpha value is -2.18. The summed E-state index contributed by atoms with van der Waals surface area (Å²) in [4.78, 5) is 4.47. The number of hydrogen-bond donors (Lipinski definition) is 1. The van der Waals surface area contributed by atoms with E-state index in [1.54, 1.807) is 18.3 Å². The van der Waals surface area contributed by atoms with Crippen molar-refractivity contribution in [2.45, 2.75) is 32.2 Å². The maximum absolute atomic E-state index is 12.6. The summed E-state index contributed by atoms with van der Waals surface area (Å²) in [6, 6.07) is 8.91. The average Bonchev–Trinajstić information content (AvgIpc) is 2.82. The molecule has 0 aliphatic rings. The smallest absolute Gasteiger partial charge is 0.243 e. The van der Waals surface area contributed by atoms with Gasteiger partial charge in [-0.25, -0.2) is 13.1 Å². The predicted molar refractivity (Wildman–Crippen MR) is 88.7 cm³/mol. The van der Waals surface area contributed by atoms with E-state index < -0.39 is 10.0 Å². The number of para-hydroxylation sites is 1. The monoisotopic (exact) mass is 330 g/mol. The number of fused-ring (bicyclic) bond motifs is 1. The number of furan rings is 1. The molecule has 1 aromatic carbocycles. The molecule has 0 aliphatic carbocycles. The van der Waals surface area contributed by atoms with Crippen molar-refractivity contribution in [1.29, 1.82) is 0 Å². The molecule has 0 saturated heterocycles. The van der Waals surface area contributed by atoms with Crippen molar-refractivity contribution in [2.75, 3.05) is 0 Å². The molecule has 0 fully saturated rings. The molecule has 0 saturated carbocycles. The van der Waals surface area contributed by atoms with Gasteiger partial charge in [0.1, 0.15) is 16.4 Å². The highest BCUT2D eigenvalue weighted by Crippen LogP contribution is 2.22. The van der Waals surface area contributed by atoms with E-state index in [0.29, 0.717) is 5.52 Å². The zero-order valence-corrected chi connectivity index (χ0v) is 14.1. The molecule has 3 aromatic rings. The lowest BCUT2D eigenvalue weighted by Crippen LogP contribution is -2.23. The van der Waals surface area contributed by atoms with Crippen LogP contribution in [0.25, 0.3) is 10.9 Å². The first kappa shape index (κ1) is 15.7. The van der Waals surface area contributed by atoms with Gasteiger partial charge in [-0.15, -0.1) is 0 Å². The number of nitrogens with one attached hydrogen (secondary N) is 1. The van der Waals surface area contributed by atoms with Crippen LogP contribution in [0.1, 0.15) is 22.6 Å². The van der Waals surface area contributed by atoms with Gasteiger partial charge in [-0.3, -0.25) is 4.98 Å². The molecule has 0 radical (unpaired) electrons. The molecule has 0 unspecified atom stereocenters. The molecule has 1 N–H and O–H groups in total. The molecule has 120 valence electrons. The van der Waals surface area contributed by atoms with Crippen molar-refractivity contribution < 1.29 is 12.8 Å². The summed E-state index contributed by atoms with van der Waals surface area (Å²) in [5.74, 6) is 1.48. The SMILES string of the molecule is Cc1cnc2c(S(=O)(=O)NCc3cc(C)oc3C)cccc2c1. The van der Waals surface area contributed by atoms with Gasteiger partial charge in [0.25, 0.3) is 0 Å². The van der Waals surface area contributed by atoms with E-state index in [9.17, 15) is 8.42 Å². The highest BCUT2D eigenvalue weighted by Gasteiger charge is 2.19. The Kier molecular flexibility index (Phi) is 3.95. The van der Waals surface area contributed by atoms with Gasteiger partial charge in [0.2, 0.25) is 10.0 Å². The van der Waals surface area contributed by atoms with E-state index >= 15 is 0 Å². The van der Waals surface area contributed by atoms with Crippen molar-refractivity contribution in [3.8, 4) is 0 Å². The molecule has 5 nitrogen and oxygen atoms in total. The second-order valence-electron chi connectivity index (χ2n) is 5.60. The minimum absolute atomic E-state index is 0.188. The molecule has 3 rings (SSSR count). The van der Waals surface area contributed by atoms with Crippen LogP contribution < -0.4 is 4.72 Å². The fourth-order valence-electron chi connectivity index (χ4n) is 2.57. The molecule has 0 aliphatic heterocycles. The Balaban J connectivity index is 1.95. The van der Waals surface area contributed by atoms with E-state index in [1.165, 1.54) is 0 Å². The third-order valence-corrected chi connectivity index (χ3v) is 5.13. The number of rotatable bonds is 4. The molecule has 0 atom stereocenters. The van der Waals surface area contributed by atoms with E-state index in [1.807, 2.05) is 39.0 Å². The van der Waals surface area contributed by atoms with Gasteiger partial charge in [-0.1, -0.05) is 12.1 Å². The number of aromatic nitrogens is 1. The second-order valence-corrected chi connectivity index (χ2v) is 7.34. The fourth-order valence-corrected chi connectivity index (χ4v) is 3.75. The third kappa shape index (κ3) is 3.13. The van der Waals surface area contributed by atoms with Crippen LogP contribution >= 0.6 is 0 Å². The summed E-state index contributed by atoms with van der Waals surface area (Å²) in [6.07, 6.45) is 1.67. The predicted octanol–water partition coefficient (Wildman–Crippen LogP) is 3.23. The zero-order chi connectivity index (χ0) is 16.6. The highest BCUT2D eigenvalue weighted by atomic mass is 32.2. The van der Waals surface area contributed by atoms with Crippen LogP contribution in [0.3, 0.4) is 0 Å². The fraction of sp³-hybridized carbons (Fsp3) is 0.235. The minimum Gasteiger partial charge on any atom is -0.466 e. The number of nitrogens with zero attached hydrogens (tertiary/aromatic N) is 1. The normalized spacial score (nSPS) is 12.0. The van der Waals surface area contributed by atoms with Crippen molar-refractivity contribution >= 4 is 20.9 Å². The van der Waals surface area contributed by atoms with Crippen LogP contribution in [0, 0.1) is 20.8 Å². The van der Waals surface area contributed by atoms with E-state index in [-0.39, 0.29) is 11.4 Å². The van der Waals surface area contributed by atoms with Crippen LogP contribution in [-0.2, 0) is 16.6 Å². The van der Waals surface area contributed by atoms with Gasteiger partial charge in [-0.2, -0.15) is 0 Å². The van der Waals surface area contributed by atoms with Gasteiger partial charge in [0, 0.05) is 23.7 Å². The van der Waals surface area contributed by atoms with Crippen LogP contribution in [-0.4, -0.2) is 13.4 Å². The first-order valence-electron chi connectivity index (χ1n) is 7.28. The Labute approximate surface area is 135 Å². The third-order valence-electron chi connectivity index (χ3n) is 3.70. The van der Waals surface area contributed by atoms with Crippen molar-refractivity contribution in [3.63, 3.8) is 0 Å². The lowest BCUT2D eigenvalue weighted by molar-refractivity contribution is 0.500. The van der Waals surface area contributed by atoms with Crippen LogP contribution in [0.15, 0.2) is 45.8 Å². The summed E-state index contributed by atoms with van der Waals surface area (Å²) < 4.78 is 33.3. The van der Waals surface area contributed by atoms with Crippen molar-refractivity contribution in [2.24, 2.45) is 0 Å². The maximum Gasteiger partial charge on any atom is 0.243 e. The average molecular weight is 330 g/mol. The molecular weight excluding hydrogens is 312 g/mol. The van der Waals surface area contributed by atoms with Crippen molar-refractivity contribution in [3.05, 3.63) is 59.2 Å².